The summed E-state index contributed by atoms with van der Waals surface area (Å²) in [7, 11) is 2.03. The molecule has 3 nitrogen and oxygen atoms in total. The van der Waals surface area contributed by atoms with Gasteiger partial charge in [-0.1, -0.05) is 18.2 Å². The first-order valence-electron chi connectivity index (χ1n) is 6.16. The molecule has 2 rings (SSSR count). The highest BCUT2D eigenvalue weighted by Crippen LogP contribution is 2.23. The maximum Gasteiger partial charge on any atom is 0.0991 e. The summed E-state index contributed by atoms with van der Waals surface area (Å²) in [5.41, 5.74) is 10.7. The van der Waals surface area contributed by atoms with Crippen molar-refractivity contribution in [2.75, 3.05) is 17.7 Å². The fourth-order valence-electron chi connectivity index (χ4n) is 2.14. The molecule has 96 valence electrons. The lowest BCUT2D eigenvalue weighted by Crippen LogP contribution is -2.17. The van der Waals surface area contributed by atoms with Gasteiger partial charge < -0.3 is 10.6 Å². The normalized spacial score (nSPS) is 9.95. The highest BCUT2D eigenvalue weighted by molar-refractivity contribution is 5.60. The lowest BCUT2D eigenvalue weighted by atomic mass is 10.1. The first kappa shape index (κ1) is 13.0. The summed E-state index contributed by atoms with van der Waals surface area (Å²) < 4.78 is 0. The van der Waals surface area contributed by atoms with Crippen LogP contribution in [-0.2, 0) is 6.54 Å². The molecule has 3 heteroatoms. The molecule has 0 heterocycles. The molecule has 2 aromatic rings. The Morgan fingerprint density at radius 1 is 1.21 bits per heavy atom. The van der Waals surface area contributed by atoms with E-state index in [1.807, 2.05) is 49.5 Å². The summed E-state index contributed by atoms with van der Waals surface area (Å²) in [4.78, 5) is 2.14. The van der Waals surface area contributed by atoms with Crippen LogP contribution in [0.15, 0.2) is 42.5 Å². The highest BCUT2D eigenvalue weighted by atomic mass is 15.1. The van der Waals surface area contributed by atoms with Crippen LogP contribution in [0.1, 0.15) is 16.7 Å². The standard InChI is InChI=1S/C16H17N3/c1-12-6-7-15(18)9-16(12)19(2)11-14-5-3-4-13(8-14)10-17/h3-9H,11,18H2,1-2H3. The first-order chi connectivity index (χ1) is 9.10. The van der Waals surface area contributed by atoms with E-state index in [2.05, 4.69) is 17.9 Å². The summed E-state index contributed by atoms with van der Waals surface area (Å²) in [5, 5.41) is 8.91. The molecule has 0 bridgehead atoms. The molecule has 2 N–H and O–H groups in total. The molecule has 0 spiro atoms. The molecule has 0 radical (unpaired) electrons. The van der Waals surface area contributed by atoms with Gasteiger partial charge in [0.25, 0.3) is 0 Å². The fourth-order valence-corrected chi connectivity index (χ4v) is 2.14. The van der Waals surface area contributed by atoms with Crippen molar-refractivity contribution in [2.24, 2.45) is 0 Å². The van der Waals surface area contributed by atoms with Gasteiger partial charge in [-0.3, -0.25) is 0 Å². The Morgan fingerprint density at radius 3 is 2.74 bits per heavy atom. The van der Waals surface area contributed by atoms with Crippen molar-refractivity contribution in [2.45, 2.75) is 13.5 Å². The second-order valence-electron chi connectivity index (χ2n) is 4.71. The maximum atomic E-state index is 8.91. The van der Waals surface area contributed by atoms with Crippen LogP contribution in [0.5, 0.6) is 0 Å². The van der Waals surface area contributed by atoms with Crippen LogP contribution in [0.3, 0.4) is 0 Å². The van der Waals surface area contributed by atoms with Crippen molar-refractivity contribution in [3.63, 3.8) is 0 Å². The average Bonchev–Trinajstić information content (AvgIpc) is 2.41. The maximum absolute atomic E-state index is 8.91. The second kappa shape index (κ2) is 5.45. The number of hydrogen-bond acceptors (Lipinski definition) is 3. The van der Waals surface area contributed by atoms with Gasteiger partial charge in [0.2, 0.25) is 0 Å². The van der Waals surface area contributed by atoms with Crippen LogP contribution in [0, 0.1) is 18.3 Å². The molecule has 19 heavy (non-hydrogen) atoms. The number of rotatable bonds is 3. The minimum atomic E-state index is 0.690. The van der Waals surface area contributed by atoms with Crippen molar-refractivity contribution in [1.29, 1.82) is 5.26 Å². The van der Waals surface area contributed by atoms with Gasteiger partial charge in [0.1, 0.15) is 0 Å². The smallest absolute Gasteiger partial charge is 0.0991 e. The minimum Gasteiger partial charge on any atom is -0.399 e. The van der Waals surface area contributed by atoms with Crippen molar-refractivity contribution in [3.05, 3.63) is 59.2 Å². The molecule has 0 aliphatic heterocycles. The third kappa shape index (κ3) is 3.05. The molecule has 0 atom stereocenters. The van der Waals surface area contributed by atoms with E-state index in [9.17, 15) is 0 Å². The van der Waals surface area contributed by atoms with Crippen LogP contribution in [-0.4, -0.2) is 7.05 Å². The van der Waals surface area contributed by atoms with Crippen molar-refractivity contribution in [3.8, 4) is 6.07 Å². The summed E-state index contributed by atoms with van der Waals surface area (Å²) >= 11 is 0. The van der Waals surface area contributed by atoms with E-state index in [-0.39, 0.29) is 0 Å². The van der Waals surface area contributed by atoms with E-state index >= 15 is 0 Å². The number of nitrogens with two attached hydrogens (primary N) is 1. The van der Waals surface area contributed by atoms with Gasteiger partial charge in [0.05, 0.1) is 11.6 Å². The first-order valence-corrected chi connectivity index (χ1v) is 6.16. The van der Waals surface area contributed by atoms with Crippen molar-refractivity contribution >= 4 is 11.4 Å². The van der Waals surface area contributed by atoms with E-state index in [1.54, 1.807) is 0 Å². The third-order valence-corrected chi connectivity index (χ3v) is 3.12. The Labute approximate surface area is 113 Å². The zero-order valence-electron chi connectivity index (χ0n) is 11.2. The summed E-state index contributed by atoms with van der Waals surface area (Å²) in [6, 6.07) is 15.7. The molecule has 0 aromatic heterocycles. The Hall–Kier alpha value is -2.47. The Bertz CT molecular complexity index is 626. The van der Waals surface area contributed by atoms with Crippen LogP contribution in [0.4, 0.5) is 11.4 Å². The van der Waals surface area contributed by atoms with E-state index in [1.165, 1.54) is 5.56 Å². The number of anilines is 2. The fraction of sp³-hybridized carbons (Fsp3) is 0.188. The monoisotopic (exact) mass is 251 g/mol. The van der Waals surface area contributed by atoms with Gasteiger partial charge in [-0.25, -0.2) is 0 Å². The van der Waals surface area contributed by atoms with E-state index in [4.69, 9.17) is 11.0 Å². The molecule has 0 saturated carbocycles. The van der Waals surface area contributed by atoms with Gasteiger partial charge in [-0.05, 0) is 42.3 Å². The Kier molecular flexibility index (Phi) is 3.72. The van der Waals surface area contributed by atoms with E-state index in [0.29, 0.717) is 5.56 Å². The zero-order chi connectivity index (χ0) is 13.8. The van der Waals surface area contributed by atoms with E-state index in [0.717, 1.165) is 23.5 Å². The SMILES string of the molecule is Cc1ccc(N)cc1N(C)Cc1cccc(C#N)c1. The largest absolute Gasteiger partial charge is 0.399 e. The second-order valence-corrected chi connectivity index (χ2v) is 4.71. The topological polar surface area (TPSA) is 53.0 Å². The number of benzene rings is 2. The lowest BCUT2D eigenvalue weighted by Gasteiger charge is -2.22. The molecule has 0 aliphatic carbocycles. The van der Waals surface area contributed by atoms with Crippen LogP contribution < -0.4 is 10.6 Å². The summed E-state index contributed by atoms with van der Waals surface area (Å²) in [6.07, 6.45) is 0. The van der Waals surface area contributed by atoms with Gasteiger partial charge in [0.15, 0.2) is 0 Å². The minimum absolute atomic E-state index is 0.690. The number of aryl methyl sites for hydroxylation is 1. The Balaban J connectivity index is 2.23. The quantitative estimate of drug-likeness (QED) is 0.853. The number of hydrogen-bond donors (Lipinski definition) is 1. The van der Waals surface area contributed by atoms with Crippen LogP contribution in [0.2, 0.25) is 0 Å². The molecule has 2 aromatic carbocycles. The molecular formula is C16H17N3. The Morgan fingerprint density at radius 2 is 2.00 bits per heavy atom. The highest BCUT2D eigenvalue weighted by Gasteiger charge is 2.06. The van der Waals surface area contributed by atoms with Gasteiger partial charge in [-0.2, -0.15) is 5.26 Å². The average molecular weight is 251 g/mol. The predicted molar refractivity (Wildman–Crippen MR) is 78.9 cm³/mol. The third-order valence-electron chi connectivity index (χ3n) is 3.12. The van der Waals surface area contributed by atoms with Gasteiger partial charge in [-0.15, -0.1) is 0 Å². The van der Waals surface area contributed by atoms with Crippen LogP contribution in [0.25, 0.3) is 0 Å². The van der Waals surface area contributed by atoms with Crippen molar-refractivity contribution in [1.82, 2.24) is 0 Å². The van der Waals surface area contributed by atoms with E-state index < -0.39 is 0 Å². The van der Waals surface area contributed by atoms with Crippen LogP contribution >= 0.6 is 0 Å². The molecule has 0 fully saturated rings. The molecular weight excluding hydrogens is 234 g/mol. The molecule has 0 amide bonds. The van der Waals surface area contributed by atoms with Gasteiger partial charge in [0, 0.05) is 25.0 Å². The number of nitrogen functional groups attached to an aromatic ring is 1. The predicted octanol–water partition coefficient (Wildman–Crippen LogP) is 3.09. The number of nitrogens with zero attached hydrogens (tertiary/aromatic N) is 2. The summed E-state index contributed by atoms with van der Waals surface area (Å²) in [6.45, 7) is 2.82. The van der Waals surface area contributed by atoms with Gasteiger partial charge >= 0.3 is 0 Å². The molecule has 0 aliphatic rings. The molecule has 0 unspecified atom stereocenters. The van der Waals surface area contributed by atoms with Crippen molar-refractivity contribution < 1.29 is 0 Å². The zero-order valence-corrected chi connectivity index (χ0v) is 11.2. The number of nitriles is 1. The summed E-state index contributed by atoms with van der Waals surface area (Å²) in [5.74, 6) is 0. The lowest BCUT2D eigenvalue weighted by molar-refractivity contribution is 0.917. The molecule has 0 saturated heterocycles.